The third-order valence-corrected chi connectivity index (χ3v) is 3.76. The number of ketones is 2. The normalized spacial score (nSPS) is 14.1. The van der Waals surface area contributed by atoms with Crippen molar-refractivity contribution < 1.29 is 27.9 Å². The highest BCUT2D eigenvalue weighted by Gasteiger charge is 2.55. The van der Waals surface area contributed by atoms with Crippen molar-refractivity contribution in [2.24, 2.45) is 0 Å². The topological polar surface area (TPSA) is 54.4 Å². The summed E-state index contributed by atoms with van der Waals surface area (Å²) in [6.07, 6.45) is -5.09. The Morgan fingerprint density at radius 1 is 0.958 bits per heavy atom. The zero-order valence-corrected chi connectivity index (χ0v) is 13.0. The van der Waals surface area contributed by atoms with E-state index in [4.69, 9.17) is 0 Å². The van der Waals surface area contributed by atoms with Gasteiger partial charge in [-0.25, -0.2) is 0 Å². The van der Waals surface area contributed by atoms with Crippen LogP contribution in [-0.2, 0) is 0 Å². The quantitative estimate of drug-likeness (QED) is 0.866. The van der Waals surface area contributed by atoms with Gasteiger partial charge in [0.2, 0.25) is 11.4 Å². The maximum absolute atomic E-state index is 12.8. The largest absolute Gasteiger partial charge is 0.424 e. The van der Waals surface area contributed by atoms with E-state index in [9.17, 15) is 27.9 Å². The summed E-state index contributed by atoms with van der Waals surface area (Å²) >= 11 is 0. The Kier molecular flexibility index (Phi) is 4.62. The van der Waals surface area contributed by atoms with Gasteiger partial charge >= 0.3 is 6.18 Å². The molecule has 0 saturated heterocycles. The van der Waals surface area contributed by atoms with Gasteiger partial charge in [0.1, 0.15) is 0 Å². The van der Waals surface area contributed by atoms with Crippen molar-refractivity contribution in [2.75, 3.05) is 0 Å². The molecule has 0 fully saturated rings. The molecular formula is C18H15F3O3. The van der Waals surface area contributed by atoms with Crippen molar-refractivity contribution in [1.82, 2.24) is 0 Å². The Morgan fingerprint density at radius 2 is 1.54 bits per heavy atom. The van der Waals surface area contributed by atoms with Gasteiger partial charge in [0.25, 0.3) is 0 Å². The molecule has 6 heteroatoms. The van der Waals surface area contributed by atoms with Crippen molar-refractivity contribution in [3.63, 3.8) is 0 Å². The summed E-state index contributed by atoms with van der Waals surface area (Å²) in [5, 5.41) is 9.51. The molecule has 1 N–H and O–H groups in total. The molecule has 0 radical (unpaired) electrons. The summed E-state index contributed by atoms with van der Waals surface area (Å²) in [7, 11) is 0. The zero-order valence-electron chi connectivity index (χ0n) is 13.0. The third-order valence-electron chi connectivity index (χ3n) is 3.76. The molecule has 3 nitrogen and oxygen atoms in total. The van der Waals surface area contributed by atoms with Crippen molar-refractivity contribution >= 4 is 11.6 Å². The Balaban J connectivity index is 2.38. The van der Waals surface area contributed by atoms with Crippen molar-refractivity contribution in [1.29, 1.82) is 0 Å². The molecule has 2 aromatic carbocycles. The lowest BCUT2D eigenvalue weighted by molar-refractivity contribution is -0.229. The van der Waals surface area contributed by atoms with Crippen LogP contribution in [0.3, 0.4) is 0 Å². The number of Topliss-reactive ketones (excluding diaryl/α,β-unsaturated/α-hetero) is 1. The highest BCUT2D eigenvalue weighted by atomic mass is 19.4. The lowest BCUT2D eigenvalue weighted by Gasteiger charge is -2.25. The molecule has 2 rings (SSSR count). The average Bonchev–Trinajstić information content (AvgIpc) is 2.53. The second kappa shape index (κ2) is 6.20. The minimum Gasteiger partial charge on any atom is -0.374 e. The van der Waals surface area contributed by atoms with Crippen LogP contribution in [0.2, 0.25) is 0 Å². The second-order valence-corrected chi connectivity index (χ2v) is 5.62. The van der Waals surface area contributed by atoms with Gasteiger partial charge in [0, 0.05) is 16.7 Å². The van der Waals surface area contributed by atoms with Gasteiger partial charge in [-0.05, 0) is 25.5 Å². The fraction of sp³-hybridized carbons (Fsp3) is 0.222. The van der Waals surface area contributed by atoms with E-state index in [2.05, 4.69) is 0 Å². The van der Waals surface area contributed by atoms with Crippen LogP contribution in [0.1, 0.15) is 38.8 Å². The molecule has 0 aliphatic carbocycles. The Hall–Kier alpha value is -2.47. The van der Waals surface area contributed by atoms with Gasteiger partial charge in [0.15, 0.2) is 5.78 Å². The standard InChI is InChI=1S/C18H15F3O3/c1-11-10-13(15(22)12-6-4-3-5-7-12)8-9-14(11)16(23)17(2,24)18(19,20)21/h3-10,24H,1-2H3/t17-/m0/s1. The van der Waals surface area contributed by atoms with Gasteiger partial charge in [0.05, 0.1) is 0 Å². The van der Waals surface area contributed by atoms with Crippen LogP contribution in [-0.4, -0.2) is 28.5 Å². The van der Waals surface area contributed by atoms with E-state index >= 15 is 0 Å². The predicted molar refractivity (Wildman–Crippen MR) is 82.1 cm³/mol. The number of aliphatic hydroxyl groups is 1. The first kappa shape index (κ1) is 17.9. The van der Waals surface area contributed by atoms with E-state index in [1.807, 2.05) is 0 Å². The predicted octanol–water partition coefficient (Wildman–Crippen LogP) is 3.72. The number of carbonyl (C=O) groups is 2. The molecule has 0 aliphatic rings. The van der Waals surface area contributed by atoms with Crippen LogP contribution in [0, 0.1) is 6.92 Å². The number of hydrogen-bond acceptors (Lipinski definition) is 3. The monoisotopic (exact) mass is 336 g/mol. The van der Waals surface area contributed by atoms with Crippen molar-refractivity contribution in [3.05, 3.63) is 70.8 Å². The lowest BCUT2D eigenvalue weighted by Crippen LogP contribution is -2.49. The molecule has 0 amide bonds. The number of carbonyl (C=O) groups excluding carboxylic acids is 2. The highest BCUT2D eigenvalue weighted by molar-refractivity contribution is 6.10. The third kappa shape index (κ3) is 3.23. The first-order valence-corrected chi connectivity index (χ1v) is 7.10. The van der Waals surface area contributed by atoms with Gasteiger partial charge in [-0.2, -0.15) is 13.2 Å². The first-order chi connectivity index (χ1) is 11.1. The minimum atomic E-state index is -5.09. The molecule has 0 aliphatic heterocycles. The Morgan fingerprint density at radius 3 is 2.04 bits per heavy atom. The number of hydrogen-bond donors (Lipinski definition) is 1. The summed E-state index contributed by atoms with van der Waals surface area (Å²) in [6, 6.07) is 12.1. The summed E-state index contributed by atoms with van der Waals surface area (Å²) < 4.78 is 38.4. The highest BCUT2D eigenvalue weighted by Crippen LogP contribution is 2.33. The second-order valence-electron chi connectivity index (χ2n) is 5.62. The van der Waals surface area contributed by atoms with Gasteiger partial charge in [-0.15, -0.1) is 0 Å². The molecule has 0 heterocycles. The molecule has 0 unspecified atom stereocenters. The number of aryl methyl sites for hydroxylation is 1. The molecule has 24 heavy (non-hydrogen) atoms. The van der Waals surface area contributed by atoms with Gasteiger partial charge < -0.3 is 5.11 Å². The fourth-order valence-electron chi connectivity index (χ4n) is 2.21. The Labute approximate surface area is 136 Å². The maximum atomic E-state index is 12.8. The molecular weight excluding hydrogens is 321 g/mol. The Bertz CT molecular complexity index is 778. The number of alkyl halides is 3. The van der Waals surface area contributed by atoms with E-state index in [0.717, 1.165) is 6.07 Å². The average molecular weight is 336 g/mol. The van der Waals surface area contributed by atoms with Crippen LogP contribution in [0.15, 0.2) is 48.5 Å². The number of halogens is 3. The van der Waals surface area contributed by atoms with E-state index in [-0.39, 0.29) is 22.5 Å². The van der Waals surface area contributed by atoms with Crippen LogP contribution >= 0.6 is 0 Å². The molecule has 2 aromatic rings. The molecule has 0 bridgehead atoms. The summed E-state index contributed by atoms with van der Waals surface area (Å²) in [6.45, 7) is 1.83. The van der Waals surface area contributed by atoms with E-state index in [0.29, 0.717) is 12.5 Å². The molecule has 1 atom stereocenters. The van der Waals surface area contributed by atoms with E-state index in [1.165, 1.54) is 19.1 Å². The maximum Gasteiger partial charge on any atom is 0.424 e. The van der Waals surface area contributed by atoms with Crippen LogP contribution in [0.4, 0.5) is 13.2 Å². The molecule has 0 saturated carbocycles. The number of benzene rings is 2. The van der Waals surface area contributed by atoms with Crippen LogP contribution in [0.5, 0.6) is 0 Å². The first-order valence-electron chi connectivity index (χ1n) is 7.10. The van der Waals surface area contributed by atoms with Crippen LogP contribution < -0.4 is 0 Å². The van der Waals surface area contributed by atoms with E-state index < -0.39 is 17.6 Å². The number of rotatable bonds is 4. The van der Waals surface area contributed by atoms with Gasteiger partial charge in [-0.1, -0.05) is 42.5 Å². The zero-order chi connectivity index (χ0) is 18.1. The lowest BCUT2D eigenvalue weighted by atomic mass is 9.89. The fourth-order valence-corrected chi connectivity index (χ4v) is 2.21. The summed E-state index contributed by atoms with van der Waals surface area (Å²) in [5.74, 6) is -1.76. The minimum absolute atomic E-state index is 0.186. The summed E-state index contributed by atoms with van der Waals surface area (Å²) in [5.41, 5.74) is -2.89. The molecule has 0 aromatic heterocycles. The summed E-state index contributed by atoms with van der Waals surface area (Å²) in [4.78, 5) is 24.4. The van der Waals surface area contributed by atoms with Crippen molar-refractivity contribution in [3.8, 4) is 0 Å². The van der Waals surface area contributed by atoms with Gasteiger partial charge in [-0.3, -0.25) is 9.59 Å². The SMILES string of the molecule is Cc1cc(C(=O)c2ccccc2)ccc1C(=O)[C@](C)(O)C(F)(F)F. The van der Waals surface area contributed by atoms with Crippen molar-refractivity contribution in [2.45, 2.75) is 25.6 Å². The molecule has 0 spiro atoms. The van der Waals surface area contributed by atoms with E-state index in [1.54, 1.807) is 30.3 Å². The smallest absolute Gasteiger partial charge is 0.374 e. The molecule has 126 valence electrons. The van der Waals surface area contributed by atoms with Crippen LogP contribution in [0.25, 0.3) is 0 Å².